The fraction of sp³-hybridized carbons (Fsp3) is 0.500. The van der Waals surface area contributed by atoms with E-state index >= 15 is 0 Å². The number of aliphatic hydroxyl groups is 2. The predicted molar refractivity (Wildman–Crippen MR) is 128 cm³/mol. The van der Waals surface area contributed by atoms with Crippen molar-refractivity contribution in [3.8, 4) is 5.75 Å². The fourth-order valence-corrected chi connectivity index (χ4v) is 5.02. The number of nitrogens with two attached hydrogens (primary N) is 1. The molecule has 1 aromatic carbocycles. The number of ether oxygens (including phenoxy) is 2. The molecule has 6 atom stereocenters. The van der Waals surface area contributed by atoms with Gasteiger partial charge in [0.25, 0.3) is 0 Å². The number of nitrogens with zero attached hydrogens (tertiary/aromatic N) is 2. The molecule has 0 radical (unpaired) electrons. The van der Waals surface area contributed by atoms with Crippen molar-refractivity contribution in [1.82, 2.24) is 14.6 Å². The molecule has 15 heteroatoms. The molecule has 0 bridgehead atoms. The van der Waals surface area contributed by atoms with Crippen molar-refractivity contribution in [3.63, 3.8) is 0 Å². The van der Waals surface area contributed by atoms with Gasteiger partial charge in [-0.1, -0.05) is 18.2 Å². The molecule has 204 valence electrons. The first kappa shape index (κ1) is 28.7. The van der Waals surface area contributed by atoms with E-state index in [1.807, 2.05) is 0 Å². The minimum atomic E-state index is -4.35. The quantitative estimate of drug-likeness (QED) is 0.232. The number of esters is 1. The van der Waals surface area contributed by atoms with Gasteiger partial charge in [0.2, 0.25) is 0 Å². The second-order valence-electron chi connectivity index (χ2n) is 8.67. The van der Waals surface area contributed by atoms with E-state index in [4.69, 9.17) is 24.3 Å². The molecule has 5 N–H and O–H groups in total. The maximum Gasteiger partial charge on any atom is 0.459 e. The van der Waals surface area contributed by atoms with Crippen LogP contribution in [0.5, 0.6) is 5.75 Å². The van der Waals surface area contributed by atoms with Crippen LogP contribution in [0.25, 0.3) is 0 Å². The van der Waals surface area contributed by atoms with Crippen LogP contribution in [0.3, 0.4) is 0 Å². The van der Waals surface area contributed by atoms with Crippen LogP contribution in [-0.4, -0.2) is 69.0 Å². The Morgan fingerprint density at radius 2 is 2.00 bits per heavy atom. The van der Waals surface area contributed by atoms with E-state index in [1.165, 1.54) is 25.1 Å². The topological polar surface area (TPSA) is 184 Å². The number of nitrogen functional groups attached to an aromatic ring is 1. The van der Waals surface area contributed by atoms with E-state index in [2.05, 4.69) is 10.1 Å². The van der Waals surface area contributed by atoms with Crippen LogP contribution in [-0.2, 0) is 23.4 Å². The summed E-state index contributed by atoms with van der Waals surface area (Å²) in [6.07, 6.45) is -4.40. The zero-order valence-corrected chi connectivity index (χ0v) is 21.3. The number of aromatic nitrogens is 2. The molecule has 3 rings (SSSR count). The minimum absolute atomic E-state index is 0.112. The van der Waals surface area contributed by atoms with Crippen molar-refractivity contribution >= 4 is 19.5 Å². The molecule has 0 spiro atoms. The third kappa shape index (κ3) is 6.72. The third-order valence-corrected chi connectivity index (χ3v) is 6.99. The Labute approximate surface area is 211 Å². The smallest absolute Gasteiger partial charge is 0.459 e. The molecule has 1 unspecified atom stereocenters. The Balaban J connectivity index is 1.82. The number of para-hydroxylation sites is 1. The van der Waals surface area contributed by atoms with Gasteiger partial charge in [-0.05, 0) is 39.0 Å². The number of benzene rings is 1. The van der Waals surface area contributed by atoms with Gasteiger partial charge in [0.15, 0.2) is 11.8 Å². The standard InChI is InChI=1S/C22H30FN4O9P/c1-13(2)34-19(29)14(3)26-37(32,36-15-7-5-4-6-8-15)33-11-16-18(28)22(31,12-23)20(35-16)27-10-9-17(24)25-21(27)30/h4-10,13-14,16,18,20,28,31H,11-12H2,1-3H3,(H,26,32)(H2,24,25,30)/t14-,16+,18?,20+,22+,37+/m0/s1. The van der Waals surface area contributed by atoms with Crippen molar-refractivity contribution < 1.29 is 42.5 Å². The highest BCUT2D eigenvalue weighted by Gasteiger charge is 2.57. The maximum absolute atomic E-state index is 13.9. The minimum Gasteiger partial charge on any atom is -0.462 e. The summed E-state index contributed by atoms with van der Waals surface area (Å²) in [6.45, 7) is 2.48. The number of hydrogen-bond acceptors (Lipinski definition) is 11. The molecular weight excluding hydrogens is 514 g/mol. The molecule has 2 heterocycles. The zero-order chi connectivity index (χ0) is 27.4. The number of alkyl halides is 1. The number of rotatable bonds is 11. The van der Waals surface area contributed by atoms with E-state index in [1.54, 1.807) is 32.0 Å². The monoisotopic (exact) mass is 544 g/mol. The van der Waals surface area contributed by atoms with Crippen LogP contribution in [0.1, 0.15) is 27.0 Å². The molecule has 0 amide bonds. The summed E-state index contributed by atoms with van der Waals surface area (Å²) >= 11 is 0. The highest BCUT2D eigenvalue weighted by molar-refractivity contribution is 7.52. The Morgan fingerprint density at radius 3 is 2.59 bits per heavy atom. The Kier molecular flexibility index (Phi) is 9.05. The van der Waals surface area contributed by atoms with Gasteiger partial charge >= 0.3 is 19.4 Å². The molecule has 0 aliphatic carbocycles. The van der Waals surface area contributed by atoms with Crippen LogP contribution in [0.15, 0.2) is 47.4 Å². The molecule has 1 fully saturated rings. The van der Waals surface area contributed by atoms with Crippen molar-refractivity contribution in [2.24, 2.45) is 0 Å². The Bertz CT molecular complexity index is 1180. The first-order chi connectivity index (χ1) is 17.4. The average Bonchev–Trinajstić information content (AvgIpc) is 3.08. The van der Waals surface area contributed by atoms with Gasteiger partial charge in [-0.2, -0.15) is 10.1 Å². The van der Waals surface area contributed by atoms with E-state index in [9.17, 15) is 28.8 Å². The van der Waals surface area contributed by atoms with Crippen molar-refractivity contribution in [1.29, 1.82) is 0 Å². The van der Waals surface area contributed by atoms with E-state index in [-0.39, 0.29) is 11.6 Å². The molecule has 1 saturated heterocycles. The second kappa shape index (κ2) is 11.7. The fourth-order valence-electron chi connectivity index (χ4n) is 3.52. The lowest BCUT2D eigenvalue weighted by Gasteiger charge is -2.28. The zero-order valence-electron chi connectivity index (χ0n) is 20.4. The maximum atomic E-state index is 13.9. The summed E-state index contributed by atoms with van der Waals surface area (Å²) in [7, 11) is -4.35. The van der Waals surface area contributed by atoms with Gasteiger partial charge in [-0.15, -0.1) is 0 Å². The normalized spacial score (nSPS) is 26.0. The summed E-state index contributed by atoms with van der Waals surface area (Å²) in [5.74, 6) is -0.707. The van der Waals surface area contributed by atoms with E-state index < -0.39 is 68.9 Å². The number of carbonyl (C=O) groups is 1. The summed E-state index contributed by atoms with van der Waals surface area (Å²) in [6, 6.07) is 8.00. The molecule has 0 saturated carbocycles. The van der Waals surface area contributed by atoms with Crippen LogP contribution in [0.4, 0.5) is 10.2 Å². The SMILES string of the molecule is CC(C)OC(=O)[C@H](C)N[P@@](=O)(OC[C@H]1O[C@@H](n2ccc(N)nc2=O)[C@@](O)(CF)C1O)Oc1ccccc1. The number of anilines is 1. The number of nitrogens with one attached hydrogen (secondary N) is 1. The molecule has 37 heavy (non-hydrogen) atoms. The summed E-state index contributed by atoms with van der Waals surface area (Å²) in [4.78, 5) is 28.0. The van der Waals surface area contributed by atoms with Crippen molar-refractivity contribution in [2.45, 2.75) is 57.0 Å². The molecule has 1 aliphatic rings. The predicted octanol–water partition coefficient (Wildman–Crippen LogP) is 0.918. The first-order valence-electron chi connectivity index (χ1n) is 11.3. The summed E-state index contributed by atoms with van der Waals surface area (Å²) in [5, 5.41) is 23.9. The Hall–Kier alpha value is -2.87. The molecule has 1 aliphatic heterocycles. The lowest BCUT2D eigenvalue weighted by molar-refractivity contribution is -0.149. The average molecular weight is 544 g/mol. The molecule has 13 nitrogen and oxygen atoms in total. The van der Waals surface area contributed by atoms with E-state index in [0.717, 1.165) is 10.8 Å². The van der Waals surface area contributed by atoms with Crippen LogP contribution >= 0.6 is 7.75 Å². The van der Waals surface area contributed by atoms with Crippen LogP contribution in [0.2, 0.25) is 0 Å². The highest BCUT2D eigenvalue weighted by atomic mass is 31.2. The molecular formula is C22H30FN4O9P. The van der Waals surface area contributed by atoms with Crippen LogP contribution < -0.4 is 21.0 Å². The van der Waals surface area contributed by atoms with Crippen molar-refractivity contribution in [2.75, 3.05) is 19.0 Å². The Morgan fingerprint density at radius 1 is 1.32 bits per heavy atom. The van der Waals surface area contributed by atoms with Crippen molar-refractivity contribution in [3.05, 3.63) is 53.1 Å². The largest absolute Gasteiger partial charge is 0.462 e. The highest BCUT2D eigenvalue weighted by Crippen LogP contribution is 2.47. The molecule has 1 aromatic heterocycles. The number of halogens is 1. The van der Waals surface area contributed by atoms with Gasteiger partial charge in [-0.25, -0.2) is 13.8 Å². The second-order valence-corrected chi connectivity index (χ2v) is 10.4. The summed E-state index contributed by atoms with van der Waals surface area (Å²) < 4.78 is 49.9. The van der Waals surface area contributed by atoms with Gasteiger partial charge in [0, 0.05) is 6.20 Å². The van der Waals surface area contributed by atoms with Crippen LogP contribution in [0, 0.1) is 0 Å². The van der Waals surface area contributed by atoms with Gasteiger partial charge in [-0.3, -0.25) is 13.9 Å². The lowest BCUT2D eigenvalue weighted by Crippen LogP contribution is -2.50. The number of aliphatic hydroxyl groups excluding tert-OH is 1. The molecule has 2 aromatic rings. The number of hydrogen-bond donors (Lipinski definition) is 4. The summed E-state index contributed by atoms with van der Waals surface area (Å²) in [5.41, 5.74) is 1.95. The van der Waals surface area contributed by atoms with Gasteiger partial charge < -0.3 is 29.9 Å². The van der Waals surface area contributed by atoms with Gasteiger partial charge in [0.1, 0.15) is 36.5 Å². The first-order valence-corrected chi connectivity index (χ1v) is 12.9. The number of carbonyl (C=O) groups excluding carboxylic acids is 1. The van der Waals surface area contributed by atoms with E-state index in [0.29, 0.717) is 0 Å². The van der Waals surface area contributed by atoms with Gasteiger partial charge in [0.05, 0.1) is 12.7 Å². The third-order valence-electron chi connectivity index (χ3n) is 5.35. The lowest BCUT2D eigenvalue weighted by atomic mass is 9.95.